The van der Waals surface area contributed by atoms with Gasteiger partial charge in [-0.3, -0.25) is 4.79 Å². The second-order valence-electron chi connectivity index (χ2n) is 6.75. The molecule has 7 nitrogen and oxygen atoms in total. The number of nitrogens with zero attached hydrogens (tertiary/aromatic N) is 3. The highest BCUT2D eigenvalue weighted by Gasteiger charge is 2.22. The lowest BCUT2D eigenvalue weighted by atomic mass is 10.1. The minimum absolute atomic E-state index is 0.00177. The number of hydrogen-bond donors (Lipinski definition) is 1. The van der Waals surface area contributed by atoms with Gasteiger partial charge < -0.3 is 19.5 Å². The number of methoxy groups -OCH3 is 1. The maximum absolute atomic E-state index is 12.8. The first-order valence-electron chi connectivity index (χ1n) is 9.44. The van der Waals surface area contributed by atoms with E-state index in [4.69, 9.17) is 20.9 Å². The van der Waals surface area contributed by atoms with Crippen LogP contribution in [0.25, 0.3) is 11.4 Å². The Balaban J connectivity index is 1.52. The molecule has 29 heavy (non-hydrogen) atoms. The van der Waals surface area contributed by atoms with Gasteiger partial charge in [0, 0.05) is 23.8 Å². The second-order valence-corrected chi connectivity index (χ2v) is 7.19. The second kappa shape index (κ2) is 8.53. The number of ether oxygens (including phenoxy) is 1. The summed E-state index contributed by atoms with van der Waals surface area (Å²) in [6.45, 7) is 1.84. The molecule has 8 heteroatoms. The van der Waals surface area contributed by atoms with Crippen LogP contribution >= 0.6 is 11.6 Å². The van der Waals surface area contributed by atoms with Crippen molar-refractivity contribution < 1.29 is 14.1 Å². The van der Waals surface area contributed by atoms with Gasteiger partial charge in [-0.05, 0) is 43.2 Å². The lowest BCUT2D eigenvalue weighted by Gasteiger charge is -2.18. The predicted octanol–water partition coefficient (Wildman–Crippen LogP) is 4.25. The Morgan fingerprint density at radius 2 is 2.03 bits per heavy atom. The van der Waals surface area contributed by atoms with Crippen LogP contribution < -0.4 is 10.1 Å². The van der Waals surface area contributed by atoms with Crippen LogP contribution in [-0.4, -0.2) is 41.1 Å². The number of nitrogens with one attached hydrogen (secondary N) is 1. The molecule has 0 spiro atoms. The van der Waals surface area contributed by atoms with Crippen LogP contribution in [0.5, 0.6) is 5.75 Å². The number of carbonyl (C=O) groups is 1. The van der Waals surface area contributed by atoms with Crippen LogP contribution in [0.2, 0.25) is 5.02 Å². The van der Waals surface area contributed by atoms with Gasteiger partial charge in [0.1, 0.15) is 5.75 Å². The first-order chi connectivity index (χ1) is 14.2. The van der Waals surface area contributed by atoms with Crippen LogP contribution in [0.15, 0.2) is 47.0 Å². The van der Waals surface area contributed by atoms with Crippen molar-refractivity contribution in [3.8, 4) is 17.1 Å². The van der Waals surface area contributed by atoms with Gasteiger partial charge in [0.2, 0.25) is 11.7 Å². The third kappa shape index (κ3) is 4.19. The zero-order chi connectivity index (χ0) is 20.2. The van der Waals surface area contributed by atoms with Crippen LogP contribution in [0, 0.1) is 0 Å². The number of likely N-dealkylation sites (tertiary alicyclic amines) is 1. The van der Waals surface area contributed by atoms with Gasteiger partial charge in [-0.1, -0.05) is 28.9 Å². The third-order valence-corrected chi connectivity index (χ3v) is 5.09. The van der Waals surface area contributed by atoms with E-state index in [1.807, 2.05) is 29.2 Å². The predicted molar refractivity (Wildman–Crippen MR) is 110 cm³/mol. The number of anilines is 1. The highest BCUT2D eigenvalue weighted by atomic mass is 35.5. The maximum Gasteiger partial charge on any atom is 0.255 e. The van der Waals surface area contributed by atoms with Gasteiger partial charge in [0.15, 0.2) is 0 Å². The largest absolute Gasteiger partial charge is 0.496 e. The number of rotatable bonds is 6. The lowest BCUT2D eigenvalue weighted by Crippen LogP contribution is -2.28. The lowest BCUT2D eigenvalue weighted by molar-refractivity contribution is 0.0793. The first kappa shape index (κ1) is 19.3. The molecule has 0 unspecified atom stereocenters. The van der Waals surface area contributed by atoms with Crippen LogP contribution in [0.3, 0.4) is 0 Å². The van der Waals surface area contributed by atoms with Gasteiger partial charge in [-0.15, -0.1) is 0 Å². The van der Waals surface area contributed by atoms with Crippen molar-refractivity contribution in [3.05, 3.63) is 58.9 Å². The maximum atomic E-state index is 12.8. The molecule has 0 radical (unpaired) electrons. The molecular weight excluding hydrogens is 392 g/mol. The summed E-state index contributed by atoms with van der Waals surface area (Å²) < 4.78 is 10.7. The Morgan fingerprint density at radius 3 is 2.83 bits per heavy atom. The molecule has 1 aliphatic heterocycles. The smallest absolute Gasteiger partial charge is 0.255 e. The molecule has 0 aliphatic carbocycles. The summed E-state index contributed by atoms with van der Waals surface area (Å²) >= 11 is 6.15. The normalized spacial score (nSPS) is 13.5. The molecule has 1 amide bonds. The number of carbonyl (C=O) groups excluding carboxylic acids is 1. The van der Waals surface area contributed by atoms with E-state index in [1.165, 1.54) is 0 Å². The molecule has 0 atom stereocenters. The molecule has 1 aromatic heterocycles. The van der Waals surface area contributed by atoms with Crippen molar-refractivity contribution in [2.24, 2.45) is 0 Å². The van der Waals surface area contributed by atoms with E-state index in [-0.39, 0.29) is 12.5 Å². The van der Waals surface area contributed by atoms with E-state index in [9.17, 15) is 4.79 Å². The highest BCUT2D eigenvalue weighted by molar-refractivity contribution is 6.31. The van der Waals surface area contributed by atoms with E-state index in [1.54, 1.807) is 25.3 Å². The van der Waals surface area contributed by atoms with E-state index < -0.39 is 0 Å². The first-order valence-corrected chi connectivity index (χ1v) is 9.82. The Morgan fingerprint density at radius 1 is 1.24 bits per heavy atom. The summed E-state index contributed by atoms with van der Waals surface area (Å²) in [5, 5.41) is 7.79. The molecule has 1 aliphatic rings. The van der Waals surface area contributed by atoms with Gasteiger partial charge in [0.25, 0.3) is 5.91 Å². The topological polar surface area (TPSA) is 80.5 Å². The monoisotopic (exact) mass is 412 g/mol. The fraction of sp³-hybridized carbons (Fsp3) is 0.286. The standard InChI is InChI=1S/C21H21ClN4O3/c1-28-18-7-3-2-6-16(18)20-24-19(29-25-20)13-23-17-12-14(22)8-9-15(17)21(27)26-10-4-5-11-26/h2-3,6-9,12,23H,4-5,10-11,13H2,1H3. The van der Waals surface area contributed by atoms with Crippen LogP contribution in [-0.2, 0) is 6.54 Å². The average Bonchev–Trinajstić information content (AvgIpc) is 3.44. The Bertz CT molecular complexity index is 1010. The van der Waals surface area contributed by atoms with E-state index in [2.05, 4.69) is 15.5 Å². The van der Waals surface area contributed by atoms with Gasteiger partial charge in [-0.2, -0.15) is 4.98 Å². The van der Waals surface area contributed by atoms with Crippen molar-refractivity contribution in [2.45, 2.75) is 19.4 Å². The summed E-state index contributed by atoms with van der Waals surface area (Å²) in [5.41, 5.74) is 1.98. The average molecular weight is 413 g/mol. The molecule has 3 aromatic rings. The minimum Gasteiger partial charge on any atom is -0.496 e. The third-order valence-electron chi connectivity index (χ3n) is 4.85. The molecule has 0 bridgehead atoms. The van der Waals surface area contributed by atoms with Crippen molar-refractivity contribution in [1.82, 2.24) is 15.0 Å². The molecule has 2 heterocycles. The number of aromatic nitrogens is 2. The number of amides is 1. The van der Waals surface area contributed by atoms with Crippen molar-refractivity contribution in [3.63, 3.8) is 0 Å². The Hall–Kier alpha value is -3.06. The number of benzene rings is 2. The summed E-state index contributed by atoms with van der Waals surface area (Å²) in [5.74, 6) is 1.51. The molecule has 1 saturated heterocycles. The fourth-order valence-electron chi connectivity index (χ4n) is 3.38. The number of para-hydroxylation sites is 1. The molecule has 4 rings (SSSR count). The number of halogens is 1. The van der Waals surface area contributed by atoms with Crippen LogP contribution in [0.4, 0.5) is 5.69 Å². The zero-order valence-electron chi connectivity index (χ0n) is 16.0. The van der Waals surface area contributed by atoms with Crippen molar-refractivity contribution in [1.29, 1.82) is 0 Å². The molecule has 2 aromatic carbocycles. The quantitative estimate of drug-likeness (QED) is 0.652. The summed E-state index contributed by atoms with van der Waals surface area (Å²) in [4.78, 5) is 19.1. The van der Waals surface area contributed by atoms with Gasteiger partial charge in [-0.25, -0.2) is 0 Å². The molecule has 1 N–H and O–H groups in total. The fourth-order valence-corrected chi connectivity index (χ4v) is 3.55. The molecule has 1 fully saturated rings. The van der Waals surface area contributed by atoms with E-state index >= 15 is 0 Å². The summed E-state index contributed by atoms with van der Waals surface area (Å²) in [7, 11) is 1.60. The van der Waals surface area contributed by atoms with E-state index in [0.29, 0.717) is 33.7 Å². The Kier molecular flexibility index (Phi) is 5.67. The van der Waals surface area contributed by atoms with Crippen molar-refractivity contribution in [2.75, 3.05) is 25.5 Å². The minimum atomic E-state index is 0.00177. The Labute approximate surface area is 173 Å². The molecular formula is C21H21ClN4O3. The number of hydrogen-bond acceptors (Lipinski definition) is 6. The highest BCUT2D eigenvalue weighted by Crippen LogP contribution is 2.28. The summed E-state index contributed by atoms with van der Waals surface area (Å²) in [6, 6.07) is 12.7. The summed E-state index contributed by atoms with van der Waals surface area (Å²) in [6.07, 6.45) is 2.08. The molecule has 0 saturated carbocycles. The van der Waals surface area contributed by atoms with Crippen molar-refractivity contribution >= 4 is 23.2 Å². The van der Waals surface area contributed by atoms with Crippen LogP contribution in [0.1, 0.15) is 29.1 Å². The molecule has 150 valence electrons. The van der Waals surface area contributed by atoms with Gasteiger partial charge in [0.05, 0.1) is 24.8 Å². The van der Waals surface area contributed by atoms with E-state index in [0.717, 1.165) is 31.5 Å². The van der Waals surface area contributed by atoms with Gasteiger partial charge >= 0.3 is 0 Å². The zero-order valence-corrected chi connectivity index (χ0v) is 16.8. The SMILES string of the molecule is COc1ccccc1-c1noc(CNc2cc(Cl)ccc2C(=O)N2CCCC2)n1.